The van der Waals surface area contributed by atoms with Gasteiger partial charge in [-0.25, -0.2) is 4.79 Å². The van der Waals surface area contributed by atoms with E-state index in [2.05, 4.69) is 10.6 Å². The van der Waals surface area contributed by atoms with E-state index in [1.165, 1.54) is 5.56 Å². The molecule has 6 nitrogen and oxygen atoms in total. The standard InChI is InChI=1S/C23H21N3O3/c1-16-2-10-20(11-3-16)29-21-12-6-18(7-13-21)25-22(27)17-4-8-19(9-5-17)26-15-14-24-23(26)28/h2-13H,14-15H2,1H3,(H,24,28)(H,25,27). The Hall–Kier alpha value is -3.80. The predicted octanol–water partition coefficient (Wildman–Crippen LogP) is 4.57. The molecule has 4 rings (SSSR count). The van der Waals surface area contributed by atoms with Gasteiger partial charge in [-0.3, -0.25) is 9.69 Å². The van der Waals surface area contributed by atoms with Crippen LogP contribution in [0, 0.1) is 6.92 Å². The second-order valence-electron chi connectivity index (χ2n) is 6.82. The number of ether oxygens (including phenoxy) is 1. The molecule has 1 saturated heterocycles. The number of rotatable bonds is 5. The maximum absolute atomic E-state index is 12.5. The van der Waals surface area contributed by atoms with Crippen molar-refractivity contribution in [3.05, 3.63) is 83.9 Å². The van der Waals surface area contributed by atoms with Gasteiger partial charge in [0.25, 0.3) is 5.91 Å². The zero-order chi connectivity index (χ0) is 20.2. The highest BCUT2D eigenvalue weighted by atomic mass is 16.5. The van der Waals surface area contributed by atoms with Gasteiger partial charge >= 0.3 is 6.03 Å². The molecule has 0 saturated carbocycles. The Morgan fingerprint density at radius 3 is 2.14 bits per heavy atom. The van der Waals surface area contributed by atoms with E-state index < -0.39 is 0 Å². The van der Waals surface area contributed by atoms with Gasteiger partial charge in [-0.1, -0.05) is 17.7 Å². The summed E-state index contributed by atoms with van der Waals surface area (Å²) in [5.74, 6) is 1.24. The van der Waals surface area contributed by atoms with Crippen molar-refractivity contribution in [1.29, 1.82) is 0 Å². The quantitative estimate of drug-likeness (QED) is 0.674. The molecular formula is C23H21N3O3. The van der Waals surface area contributed by atoms with Gasteiger partial charge in [0.05, 0.1) is 0 Å². The molecule has 1 aliphatic heterocycles. The number of aryl methyl sites for hydroxylation is 1. The fourth-order valence-electron chi connectivity index (χ4n) is 3.06. The maximum Gasteiger partial charge on any atom is 0.321 e. The summed E-state index contributed by atoms with van der Waals surface area (Å²) in [6.45, 7) is 3.28. The van der Waals surface area contributed by atoms with Crippen molar-refractivity contribution in [3.8, 4) is 11.5 Å². The average molecular weight is 387 g/mol. The monoisotopic (exact) mass is 387 g/mol. The van der Waals surface area contributed by atoms with Crippen LogP contribution < -0.4 is 20.3 Å². The molecule has 0 spiro atoms. The lowest BCUT2D eigenvalue weighted by molar-refractivity contribution is 0.102. The number of amides is 3. The van der Waals surface area contributed by atoms with E-state index in [-0.39, 0.29) is 11.9 Å². The minimum atomic E-state index is -0.213. The molecule has 0 unspecified atom stereocenters. The first kappa shape index (κ1) is 18.6. The SMILES string of the molecule is Cc1ccc(Oc2ccc(NC(=O)c3ccc(N4CCNC4=O)cc3)cc2)cc1. The molecule has 1 aliphatic rings. The third-order valence-corrected chi connectivity index (χ3v) is 4.67. The van der Waals surface area contributed by atoms with Crippen LogP contribution in [0.5, 0.6) is 11.5 Å². The summed E-state index contributed by atoms with van der Waals surface area (Å²) in [4.78, 5) is 25.8. The van der Waals surface area contributed by atoms with Crippen LogP contribution in [0.2, 0.25) is 0 Å². The number of carbonyl (C=O) groups is 2. The Bertz CT molecular complexity index is 1010. The summed E-state index contributed by atoms with van der Waals surface area (Å²) < 4.78 is 5.80. The molecule has 146 valence electrons. The molecule has 0 aromatic heterocycles. The van der Waals surface area contributed by atoms with Crippen molar-refractivity contribution in [2.24, 2.45) is 0 Å². The van der Waals surface area contributed by atoms with Crippen molar-refractivity contribution in [3.63, 3.8) is 0 Å². The van der Waals surface area contributed by atoms with Crippen LogP contribution in [-0.2, 0) is 0 Å². The van der Waals surface area contributed by atoms with Crippen LogP contribution in [0.1, 0.15) is 15.9 Å². The molecule has 3 aromatic carbocycles. The van der Waals surface area contributed by atoms with Crippen molar-refractivity contribution < 1.29 is 14.3 Å². The summed E-state index contributed by atoms with van der Waals surface area (Å²) >= 11 is 0. The van der Waals surface area contributed by atoms with Gasteiger partial charge < -0.3 is 15.4 Å². The van der Waals surface area contributed by atoms with E-state index >= 15 is 0 Å². The van der Waals surface area contributed by atoms with Gasteiger partial charge in [0.2, 0.25) is 0 Å². The zero-order valence-corrected chi connectivity index (χ0v) is 16.0. The van der Waals surface area contributed by atoms with E-state index in [0.29, 0.717) is 30.1 Å². The third-order valence-electron chi connectivity index (χ3n) is 4.67. The molecule has 6 heteroatoms. The fourth-order valence-corrected chi connectivity index (χ4v) is 3.06. The van der Waals surface area contributed by atoms with Crippen LogP contribution in [0.3, 0.4) is 0 Å². The van der Waals surface area contributed by atoms with Crippen LogP contribution >= 0.6 is 0 Å². The molecule has 3 amide bonds. The summed E-state index contributed by atoms with van der Waals surface area (Å²) in [5, 5.41) is 5.62. The molecule has 1 fully saturated rings. The first-order chi connectivity index (χ1) is 14.1. The Labute approximate surface area is 169 Å². The van der Waals surface area contributed by atoms with E-state index in [4.69, 9.17) is 4.74 Å². The fraction of sp³-hybridized carbons (Fsp3) is 0.130. The molecule has 1 heterocycles. The first-order valence-electron chi connectivity index (χ1n) is 9.40. The number of urea groups is 1. The summed E-state index contributed by atoms with van der Waals surface area (Å²) in [5.41, 5.74) is 3.14. The summed E-state index contributed by atoms with van der Waals surface area (Å²) in [6.07, 6.45) is 0. The van der Waals surface area contributed by atoms with Gasteiger partial charge in [0.15, 0.2) is 0 Å². The lowest BCUT2D eigenvalue weighted by atomic mass is 10.1. The molecule has 0 aliphatic carbocycles. The average Bonchev–Trinajstić information content (AvgIpc) is 3.17. The Balaban J connectivity index is 1.37. The Morgan fingerprint density at radius 2 is 1.55 bits per heavy atom. The van der Waals surface area contributed by atoms with E-state index in [0.717, 1.165) is 11.4 Å². The topological polar surface area (TPSA) is 70.7 Å². The molecule has 0 radical (unpaired) electrons. The lowest BCUT2D eigenvalue weighted by Crippen LogP contribution is -2.27. The minimum absolute atomic E-state index is 0.116. The van der Waals surface area contributed by atoms with Crippen molar-refractivity contribution in [2.75, 3.05) is 23.3 Å². The van der Waals surface area contributed by atoms with Gasteiger partial charge in [0, 0.05) is 30.0 Å². The Kier molecular flexibility index (Phi) is 5.16. The number of hydrogen-bond acceptors (Lipinski definition) is 3. The van der Waals surface area contributed by atoms with Gasteiger partial charge in [-0.2, -0.15) is 0 Å². The molecular weight excluding hydrogens is 366 g/mol. The minimum Gasteiger partial charge on any atom is -0.457 e. The van der Waals surface area contributed by atoms with Crippen molar-refractivity contribution in [2.45, 2.75) is 6.92 Å². The molecule has 3 aromatic rings. The zero-order valence-electron chi connectivity index (χ0n) is 16.0. The molecule has 29 heavy (non-hydrogen) atoms. The third kappa shape index (κ3) is 4.38. The van der Waals surface area contributed by atoms with Crippen LogP contribution in [-0.4, -0.2) is 25.0 Å². The Morgan fingerprint density at radius 1 is 0.931 bits per heavy atom. The van der Waals surface area contributed by atoms with E-state index in [1.54, 1.807) is 41.3 Å². The van der Waals surface area contributed by atoms with Crippen molar-refractivity contribution in [1.82, 2.24) is 5.32 Å². The predicted molar refractivity (Wildman–Crippen MR) is 113 cm³/mol. The highest BCUT2D eigenvalue weighted by Crippen LogP contribution is 2.24. The molecule has 0 atom stereocenters. The largest absolute Gasteiger partial charge is 0.457 e. The summed E-state index contributed by atoms with van der Waals surface area (Å²) in [7, 11) is 0. The maximum atomic E-state index is 12.5. The molecule has 0 bridgehead atoms. The number of nitrogens with zero attached hydrogens (tertiary/aromatic N) is 1. The number of anilines is 2. The molecule has 2 N–H and O–H groups in total. The second kappa shape index (κ2) is 8.06. The summed E-state index contributed by atoms with van der Waals surface area (Å²) in [6, 6.07) is 21.9. The number of carbonyl (C=O) groups excluding carboxylic acids is 2. The van der Waals surface area contributed by atoms with Crippen LogP contribution in [0.4, 0.5) is 16.2 Å². The van der Waals surface area contributed by atoms with Crippen molar-refractivity contribution >= 4 is 23.3 Å². The highest BCUT2D eigenvalue weighted by Gasteiger charge is 2.21. The van der Waals surface area contributed by atoms with E-state index in [1.807, 2.05) is 43.3 Å². The highest BCUT2D eigenvalue weighted by molar-refractivity contribution is 6.04. The lowest BCUT2D eigenvalue weighted by Gasteiger charge is -2.14. The normalized spacial score (nSPS) is 13.1. The van der Waals surface area contributed by atoms with Gasteiger partial charge in [0.1, 0.15) is 11.5 Å². The van der Waals surface area contributed by atoms with Crippen LogP contribution in [0.15, 0.2) is 72.8 Å². The smallest absolute Gasteiger partial charge is 0.321 e. The van der Waals surface area contributed by atoms with Crippen LogP contribution in [0.25, 0.3) is 0 Å². The second-order valence-corrected chi connectivity index (χ2v) is 6.82. The number of hydrogen-bond donors (Lipinski definition) is 2. The first-order valence-corrected chi connectivity index (χ1v) is 9.40. The van der Waals surface area contributed by atoms with E-state index in [9.17, 15) is 9.59 Å². The van der Waals surface area contributed by atoms with Gasteiger partial charge in [-0.15, -0.1) is 0 Å². The van der Waals surface area contributed by atoms with Gasteiger partial charge in [-0.05, 0) is 67.6 Å². The number of nitrogens with one attached hydrogen (secondary N) is 2. The number of benzene rings is 3.